The first-order valence-corrected chi connectivity index (χ1v) is 5.62. The van der Waals surface area contributed by atoms with Crippen LogP contribution in [0.1, 0.15) is 31.7 Å². The first-order valence-electron chi connectivity index (χ1n) is 5.62. The molecule has 15 heavy (non-hydrogen) atoms. The fraction of sp³-hybridized carbons (Fsp3) is 0.462. The van der Waals surface area contributed by atoms with Crippen molar-refractivity contribution >= 4 is 11.5 Å². The van der Waals surface area contributed by atoms with Crippen molar-refractivity contribution in [2.24, 2.45) is 5.92 Å². The van der Waals surface area contributed by atoms with Crippen molar-refractivity contribution in [2.75, 3.05) is 5.32 Å². The molecule has 3 rings (SSSR count). The number of carbonyl (C=O) groups excluding carboxylic acids is 1. The standard InChI is InChI=1S/C7H7N.C6H10O/c1-2-4-7-6(3-1)5-8-7;1-5-3-2-4-6(5)7/h1-4,8H,5H2;5H,2-4H2,1H3. The van der Waals surface area contributed by atoms with Crippen molar-refractivity contribution in [3.05, 3.63) is 29.8 Å². The van der Waals surface area contributed by atoms with Gasteiger partial charge in [0.25, 0.3) is 0 Å². The van der Waals surface area contributed by atoms with Crippen LogP contribution < -0.4 is 5.32 Å². The maximum absolute atomic E-state index is 10.6. The zero-order chi connectivity index (χ0) is 10.7. The minimum Gasteiger partial charge on any atom is -0.381 e. The summed E-state index contributed by atoms with van der Waals surface area (Å²) >= 11 is 0. The summed E-state index contributed by atoms with van der Waals surface area (Å²) in [5.41, 5.74) is 2.74. The van der Waals surface area contributed by atoms with Crippen LogP contribution in [0.3, 0.4) is 0 Å². The third-order valence-corrected chi connectivity index (χ3v) is 3.10. The van der Waals surface area contributed by atoms with Crippen LogP contribution in [-0.2, 0) is 11.3 Å². The molecule has 1 N–H and O–H groups in total. The Morgan fingerprint density at radius 2 is 2.13 bits per heavy atom. The van der Waals surface area contributed by atoms with E-state index in [2.05, 4.69) is 23.5 Å². The number of para-hydroxylation sites is 1. The molecule has 1 aromatic carbocycles. The Bertz CT molecular complexity index is 336. The van der Waals surface area contributed by atoms with Crippen LogP contribution in [-0.4, -0.2) is 5.78 Å². The average Bonchev–Trinajstić information content (AvgIpc) is 2.55. The molecule has 1 aliphatic carbocycles. The van der Waals surface area contributed by atoms with Gasteiger partial charge in [0.2, 0.25) is 0 Å². The summed E-state index contributed by atoms with van der Waals surface area (Å²) < 4.78 is 0. The topological polar surface area (TPSA) is 29.1 Å². The predicted octanol–water partition coefficient (Wildman–Crippen LogP) is 2.99. The van der Waals surface area contributed by atoms with E-state index < -0.39 is 0 Å². The largest absolute Gasteiger partial charge is 0.381 e. The van der Waals surface area contributed by atoms with Crippen molar-refractivity contribution in [2.45, 2.75) is 32.7 Å². The molecule has 2 nitrogen and oxygen atoms in total. The monoisotopic (exact) mass is 203 g/mol. The predicted molar refractivity (Wildman–Crippen MR) is 61.8 cm³/mol. The number of carbonyl (C=O) groups is 1. The summed E-state index contributed by atoms with van der Waals surface area (Å²) in [5.74, 6) is 0.833. The highest BCUT2D eigenvalue weighted by Crippen LogP contribution is 2.23. The number of ketones is 1. The number of Topliss-reactive ketones (excluding diaryl/α,β-unsaturated/α-hetero) is 1. The lowest BCUT2D eigenvalue weighted by Gasteiger charge is -2.19. The molecule has 1 aliphatic heterocycles. The summed E-state index contributed by atoms with van der Waals surface area (Å²) in [7, 11) is 0. The smallest absolute Gasteiger partial charge is 0.135 e. The van der Waals surface area contributed by atoms with Gasteiger partial charge in [0.1, 0.15) is 5.78 Å². The molecule has 1 aromatic rings. The van der Waals surface area contributed by atoms with Crippen molar-refractivity contribution < 1.29 is 4.79 Å². The van der Waals surface area contributed by atoms with E-state index in [0.717, 1.165) is 25.8 Å². The molecule has 2 aliphatic rings. The van der Waals surface area contributed by atoms with Crippen LogP contribution in [0, 0.1) is 5.92 Å². The number of rotatable bonds is 0. The maximum atomic E-state index is 10.6. The van der Waals surface area contributed by atoms with Gasteiger partial charge < -0.3 is 5.32 Å². The molecule has 1 unspecified atom stereocenters. The van der Waals surface area contributed by atoms with Crippen LogP contribution in [0.25, 0.3) is 0 Å². The molecule has 80 valence electrons. The average molecular weight is 203 g/mol. The number of fused-ring (bicyclic) bond motifs is 1. The number of hydrogen-bond acceptors (Lipinski definition) is 2. The normalized spacial score (nSPS) is 21.9. The third-order valence-electron chi connectivity index (χ3n) is 3.10. The Morgan fingerprint density at radius 3 is 2.40 bits per heavy atom. The maximum Gasteiger partial charge on any atom is 0.135 e. The second kappa shape index (κ2) is 4.47. The molecule has 1 heterocycles. The van der Waals surface area contributed by atoms with E-state index in [0.29, 0.717) is 11.7 Å². The lowest BCUT2D eigenvalue weighted by atomic mass is 10.1. The fourth-order valence-electron chi connectivity index (χ4n) is 1.92. The molecular weight excluding hydrogens is 186 g/mol. The summed E-state index contributed by atoms with van der Waals surface area (Å²) in [5, 5.41) is 3.19. The highest BCUT2D eigenvalue weighted by molar-refractivity contribution is 5.82. The van der Waals surface area contributed by atoms with Gasteiger partial charge in [-0.25, -0.2) is 0 Å². The van der Waals surface area contributed by atoms with Crippen molar-refractivity contribution in [1.29, 1.82) is 0 Å². The molecule has 0 amide bonds. The molecule has 1 fully saturated rings. The Balaban J connectivity index is 0.000000115. The summed E-state index contributed by atoms with van der Waals surface area (Å²) in [6.07, 6.45) is 3.08. The van der Waals surface area contributed by atoms with Crippen LogP contribution in [0.2, 0.25) is 0 Å². The van der Waals surface area contributed by atoms with Crippen molar-refractivity contribution in [1.82, 2.24) is 0 Å². The molecule has 0 spiro atoms. The zero-order valence-corrected chi connectivity index (χ0v) is 9.12. The third kappa shape index (κ3) is 2.38. The SMILES string of the molecule is CC1CCCC1=O.c1ccc2c(c1)CN2. The molecule has 0 radical (unpaired) electrons. The van der Waals surface area contributed by atoms with Crippen molar-refractivity contribution in [3.8, 4) is 0 Å². The van der Waals surface area contributed by atoms with Gasteiger partial charge >= 0.3 is 0 Å². The zero-order valence-electron chi connectivity index (χ0n) is 9.12. The summed E-state index contributed by atoms with van der Waals surface area (Å²) in [6.45, 7) is 3.06. The van der Waals surface area contributed by atoms with Gasteiger partial charge in [0.15, 0.2) is 0 Å². The Kier molecular flexibility index (Phi) is 3.05. The van der Waals surface area contributed by atoms with E-state index in [1.54, 1.807) is 0 Å². The minimum atomic E-state index is 0.375. The highest BCUT2D eigenvalue weighted by Gasteiger charge is 2.18. The second-order valence-corrected chi connectivity index (χ2v) is 4.27. The molecule has 1 atom stereocenters. The van der Waals surface area contributed by atoms with E-state index in [1.807, 2.05) is 13.0 Å². The fourth-order valence-corrected chi connectivity index (χ4v) is 1.92. The van der Waals surface area contributed by atoms with E-state index >= 15 is 0 Å². The number of nitrogens with one attached hydrogen (secondary N) is 1. The van der Waals surface area contributed by atoms with E-state index in [-0.39, 0.29) is 0 Å². The Labute approximate surface area is 90.7 Å². The van der Waals surface area contributed by atoms with Gasteiger partial charge in [-0.05, 0) is 24.5 Å². The molecule has 0 saturated heterocycles. The van der Waals surface area contributed by atoms with E-state index in [9.17, 15) is 4.79 Å². The highest BCUT2D eigenvalue weighted by atomic mass is 16.1. The lowest BCUT2D eigenvalue weighted by Crippen LogP contribution is -2.12. The van der Waals surface area contributed by atoms with Crippen LogP contribution in [0.5, 0.6) is 0 Å². The second-order valence-electron chi connectivity index (χ2n) is 4.27. The summed E-state index contributed by atoms with van der Waals surface area (Å²) in [6, 6.07) is 8.36. The molecular formula is C13H17NO. The number of anilines is 1. The van der Waals surface area contributed by atoms with Gasteiger partial charge in [-0.2, -0.15) is 0 Å². The van der Waals surface area contributed by atoms with Crippen LogP contribution in [0.4, 0.5) is 5.69 Å². The minimum absolute atomic E-state index is 0.375. The Hall–Kier alpha value is -1.31. The first-order chi connectivity index (χ1) is 7.27. The van der Waals surface area contributed by atoms with Gasteiger partial charge in [-0.15, -0.1) is 0 Å². The molecule has 0 bridgehead atoms. The van der Waals surface area contributed by atoms with Crippen LogP contribution >= 0.6 is 0 Å². The van der Waals surface area contributed by atoms with Gasteiger partial charge in [-0.3, -0.25) is 4.79 Å². The van der Waals surface area contributed by atoms with Gasteiger partial charge in [0, 0.05) is 24.6 Å². The van der Waals surface area contributed by atoms with E-state index in [4.69, 9.17) is 0 Å². The number of benzene rings is 1. The van der Waals surface area contributed by atoms with Gasteiger partial charge in [0.05, 0.1) is 0 Å². The lowest BCUT2D eigenvalue weighted by molar-refractivity contribution is -0.120. The summed E-state index contributed by atoms with van der Waals surface area (Å²) in [4.78, 5) is 10.6. The Morgan fingerprint density at radius 1 is 1.33 bits per heavy atom. The quantitative estimate of drug-likeness (QED) is 0.702. The molecule has 2 heteroatoms. The number of hydrogen-bond donors (Lipinski definition) is 1. The first kappa shape index (κ1) is 10.2. The molecule has 0 aromatic heterocycles. The van der Waals surface area contributed by atoms with E-state index in [1.165, 1.54) is 11.3 Å². The van der Waals surface area contributed by atoms with Crippen LogP contribution in [0.15, 0.2) is 24.3 Å². The van der Waals surface area contributed by atoms with Gasteiger partial charge in [-0.1, -0.05) is 25.1 Å². The van der Waals surface area contributed by atoms with Crippen molar-refractivity contribution in [3.63, 3.8) is 0 Å². The molecule has 1 saturated carbocycles.